The van der Waals surface area contributed by atoms with E-state index < -0.39 is 0 Å². The second-order valence-corrected chi connectivity index (χ2v) is 7.82. The van der Waals surface area contributed by atoms with Crippen molar-refractivity contribution in [3.63, 3.8) is 0 Å². The second kappa shape index (κ2) is 7.16. The van der Waals surface area contributed by atoms with Crippen LogP contribution in [0.5, 0.6) is 0 Å². The first-order chi connectivity index (χ1) is 12.0. The molecule has 1 saturated carbocycles. The monoisotopic (exact) mass is 343 g/mol. The molecule has 0 spiro atoms. The number of benzene rings is 1. The number of aromatic nitrogens is 2. The molecule has 0 bridgehead atoms. The number of hydrogen-bond donors (Lipinski definition) is 1. The highest BCUT2D eigenvalue weighted by molar-refractivity contribution is 5.92. The summed E-state index contributed by atoms with van der Waals surface area (Å²) < 4.78 is 3.03. The van der Waals surface area contributed by atoms with Crippen LogP contribution in [-0.4, -0.2) is 21.6 Å². The van der Waals surface area contributed by atoms with Crippen LogP contribution in [-0.2, 0) is 6.54 Å². The van der Waals surface area contributed by atoms with Gasteiger partial charge in [-0.15, -0.1) is 0 Å². The van der Waals surface area contributed by atoms with Gasteiger partial charge >= 0.3 is 5.69 Å². The van der Waals surface area contributed by atoms with Crippen molar-refractivity contribution in [3.8, 4) is 0 Å². The molecule has 5 nitrogen and oxygen atoms in total. The number of fused-ring (bicyclic) bond motifs is 1. The van der Waals surface area contributed by atoms with Gasteiger partial charge < -0.3 is 5.73 Å². The molecule has 0 unspecified atom stereocenters. The van der Waals surface area contributed by atoms with Crippen LogP contribution in [0.1, 0.15) is 44.8 Å². The Labute approximate surface area is 148 Å². The number of carbonyl (C=O) groups is 1. The number of nitrogens with zero attached hydrogens (tertiary/aromatic N) is 2. The van der Waals surface area contributed by atoms with Gasteiger partial charge in [0.15, 0.2) is 0 Å². The lowest BCUT2D eigenvalue weighted by Gasteiger charge is -2.36. The lowest BCUT2D eigenvalue weighted by Crippen LogP contribution is -2.40. The molecule has 0 saturated heterocycles. The van der Waals surface area contributed by atoms with Crippen molar-refractivity contribution in [2.45, 2.75) is 46.6 Å². The number of imidazole rings is 1. The van der Waals surface area contributed by atoms with Gasteiger partial charge in [0.1, 0.15) is 0 Å². The number of carbonyl (C=O) groups excluding carboxylic acids is 1. The lowest BCUT2D eigenvalue weighted by atomic mass is 9.69. The molecular weight excluding hydrogens is 314 g/mol. The van der Waals surface area contributed by atoms with Crippen LogP contribution in [0.15, 0.2) is 29.1 Å². The van der Waals surface area contributed by atoms with E-state index in [2.05, 4.69) is 20.8 Å². The smallest absolute Gasteiger partial charge is 0.329 e. The molecule has 1 fully saturated rings. The molecule has 1 aromatic carbocycles. The Morgan fingerprint density at radius 1 is 1.24 bits per heavy atom. The second-order valence-electron chi connectivity index (χ2n) is 7.82. The Morgan fingerprint density at radius 2 is 1.92 bits per heavy atom. The van der Waals surface area contributed by atoms with E-state index in [9.17, 15) is 9.59 Å². The lowest BCUT2D eigenvalue weighted by molar-refractivity contribution is 0.0633. The van der Waals surface area contributed by atoms with Crippen LogP contribution in [0.2, 0.25) is 0 Å². The molecule has 1 aliphatic carbocycles. The van der Waals surface area contributed by atoms with Gasteiger partial charge in [-0.3, -0.25) is 9.36 Å². The largest absolute Gasteiger partial charge is 0.336 e. The predicted octanol–water partition coefficient (Wildman–Crippen LogP) is 3.11. The SMILES string of the molecule is CC(C)[C@@H]1CC[C@@H](C)C[C@H]1C(=O)n1c(=O)n(CCN)c2ccccc21. The summed E-state index contributed by atoms with van der Waals surface area (Å²) in [5.74, 6) is 1.18. The maximum absolute atomic E-state index is 13.4. The summed E-state index contributed by atoms with van der Waals surface area (Å²) in [6.45, 7) is 7.37. The summed E-state index contributed by atoms with van der Waals surface area (Å²) in [5, 5.41) is 0. The van der Waals surface area contributed by atoms with Gasteiger partial charge in [0.05, 0.1) is 11.0 Å². The third-order valence-corrected chi connectivity index (χ3v) is 5.75. The normalized spacial score (nSPS) is 24.1. The van der Waals surface area contributed by atoms with Gasteiger partial charge in [-0.25, -0.2) is 9.36 Å². The van der Waals surface area contributed by atoms with E-state index in [0.29, 0.717) is 36.4 Å². The maximum atomic E-state index is 13.4. The van der Waals surface area contributed by atoms with Gasteiger partial charge in [-0.1, -0.05) is 39.3 Å². The number of para-hydroxylation sites is 2. The van der Waals surface area contributed by atoms with Crippen molar-refractivity contribution in [2.24, 2.45) is 29.4 Å². The van der Waals surface area contributed by atoms with Crippen LogP contribution in [0.4, 0.5) is 0 Å². The summed E-state index contributed by atoms with van der Waals surface area (Å²) >= 11 is 0. The summed E-state index contributed by atoms with van der Waals surface area (Å²) in [5.41, 5.74) is 6.91. The summed E-state index contributed by atoms with van der Waals surface area (Å²) in [6.07, 6.45) is 3.09. The summed E-state index contributed by atoms with van der Waals surface area (Å²) in [4.78, 5) is 26.4. The molecular formula is C20H29N3O2. The average molecular weight is 343 g/mol. The van der Waals surface area contributed by atoms with E-state index in [0.717, 1.165) is 24.8 Å². The summed E-state index contributed by atoms with van der Waals surface area (Å²) in [6, 6.07) is 7.52. The first-order valence-corrected chi connectivity index (χ1v) is 9.40. The van der Waals surface area contributed by atoms with Crippen molar-refractivity contribution in [1.29, 1.82) is 0 Å². The number of rotatable bonds is 4. The summed E-state index contributed by atoms with van der Waals surface area (Å²) in [7, 11) is 0. The highest BCUT2D eigenvalue weighted by atomic mass is 16.2. The van der Waals surface area contributed by atoms with Crippen molar-refractivity contribution >= 4 is 16.9 Å². The third kappa shape index (κ3) is 3.17. The van der Waals surface area contributed by atoms with Crippen LogP contribution in [0.25, 0.3) is 11.0 Å². The molecule has 0 aliphatic heterocycles. The molecule has 0 radical (unpaired) electrons. The van der Waals surface area contributed by atoms with Crippen molar-refractivity contribution in [3.05, 3.63) is 34.7 Å². The molecule has 136 valence electrons. The van der Waals surface area contributed by atoms with Gasteiger partial charge in [-0.2, -0.15) is 0 Å². The van der Waals surface area contributed by atoms with Crippen molar-refractivity contribution < 1.29 is 4.79 Å². The van der Waals surface area contributed by atoms with Gasteiger partial charge in [0.25, 0.3) is 0 Å². The highest BCUT2D eigenvalue weighted by Crippen LogP contribution is 2.39. The fourth-order valence-electron chi connectivity index (χ4n) is 4.42. The molecule has 3 rings (SSSR count). The fourth-order valence-corrected chi connectivity index (χ4v) is 4.42. The predicted molar refractivity (Wildman–Crippen MR) is 101 cm³/mol. The zero-order valence-electron chi connectivity index (χ0n) is 15.4. The van der Waals surface area contributed by atoms with E-state index in [1.807, 2.05) is 24.3 Å². The first kappa shape index (κ1) is 17.9. The van der Waals surface area contributed by atoms with Crippen LogP contribution in [0, 0.1) is 23.7 Å². The molecule has 5 heteroatoms. The molecule has 0 amide bonds. The molecule has 25 heavy (non-hydrogen) atoms. The zero-order chi connectivity index (χ0) is 18.1. The minimum Gasteiger partial charge on any atom is -0.329 e. The van der Waals surface area contributed by atoms with Crippen molar-refractivity contribution in [1.82, 2.24) is 9.13 Å². The third-order valence-electron chi connectivity index (χ3n) is 5.75. The standard InChI is InChI=1S/C20H29N3O2/c1-13(2)15-9-8-14(3)12-16(15)19(24)23-18-7-5-4-6-17(18)22(11-10-21)20(23)25/h4-7,13-16H,8-12,21H2,1-3H3/t14-,15+,16-/m1/s1. The molecule has 3 atom stereocenters. The Morgan fingerprint density at radius 3 is 2.56 bits per heavy atom. The average Bonchev–Trinajstić information content (AvgIpc) is 2.86. The Kier molecular flexibility index (Phi) is 5.13. The molecule has 2 aromatic rings. The fraction of sp³-hybridized carbons (Fsp3) is 0.600. The van der Waals surface area contributed by atoms with E-state index in [4.69, 9.17) is 5.73 Å². The van der Waals surface area contributed by atoms with Gasteiger partial charge in [-0.05, 0) is 42.7 Å². The van der Waals surface area contributed by atoms with E-state index in [-0.39, 0.29) is 17.5 Å². The molecule has 1 heterocycles. The van der Waals surface area contributed by atoms with E-state index in [1.54, 1.807) is 4.57 Å². The maximum Gasteiger partial charge on any atom is 0.336 e. The highest BCUT2D eigenvalue weighted by Gasteiger charge is 2.37. The minimum absolute atomic E-state index is 0.0396. The Balaban J connectivity index is 2.10. The Hall–Kier alpha value is -1.88. The number of hydrogen-bond acceptors (Lipinski definition) is 3. The first-order valence-electron chi connectivity index (χ1n) is 9.40. The van der Waals surface area contributed by atoms with Gasteiger partial charge in [0, 0.05) is 19.0 Å². The van der Waals surface area contributed by atoms with Gasteiger partial charge in [0.2, 0.25) is 5.91 Å². The van der Waals surface area contributed by atoms with Crippen LogP contribution >= 0.6 is 0 Å². The van der Waals surface area contributed by atoms with E-state index >= 15 is 0 Å². The number of nitrogens with two attached hydrogens (primary N) is 1. The van der Waals surface area contributed by atoms with Crippen LogP contribution < -0.4 is 11.4 Å². The quantitative estimate of drug-likeness (QED) is 0.927. The molecule has 1 aliphatic rings. The van der Waals surface area contributed by atoms with Crippen LogP contribution in [0.3, 0.4) is 0 Å². The molecule has 2 N–H and O–H groups in total. The Bertz CT molecular complexity index is 818. The minimum atomic E-state index is -0.252. The topological polar surface area (TPSA) is 70.0 Å². The zero-order valence-corrected chi connectivity index (χ0v) is 15.4. The molecule has 1 aromatic heterocycles. The van der Waals surface area contributed by atoms with E-state index in [1.165, 1.54) is 4.57 Å². The van der Waals surface area contributed by atoms with Crippen molar-refractivity contribution in [2.75, 3.05) is 6.54 Å².